The van der Waals surface area contributed by atoms with E-state index in [0.29, 0.717) is 18.7 Å². The molecule has 0 saturated carbocycles. The van der Waals surface area contributed by atoms with Crippen LogP contribution in [0.15, 0.2) is 54.9 Å². The van der Waals surface area contributed by atoms with Crippen molar-refractivity contribution in [2.45, 2.75) is 44.4 Å². The molecule has 1 amide bonds. The van der Waals surface area contributed by atoms with Gasteiger partial charge in [0.05, 0.1) is 13.2 Å². The van der Waals surface area contributed by atoms with Crippen LogP contribution in [0.25, 0.3) is 0 Å². The maximum atomic E-state index is 12.6. The van der Waals surface area contributed by atoms with E-state index in [1.807, 2.05) is 11.0 Å². The molecule has 2 aliphatic heterocycles. The first-order valence-electron chi connectivity index (χ1n) is 10.4. The van der Waals surface area contributed by atoms with Gasteiger partial charge in [0.2, 0.25) is 0 Å². The Labute approximate surface area is 167 Å². The van der Waals surface area contributed by atoms with Crippen LogP contribution in [0.4, 0.5) is 0 Å². The predicted octanol–water partition coefficient (Wildman–Crippen LogP) is 3.37. The van der Waals surface area contributed by atoms with E-state index >= 15 is 0 Å². The summed E-state index contributed by atoms with van der Waals surface area (Å²) in [6, 6.07) is 15.1. The molecule has 0 bridgehead atoms. The fraction of sp³-hybridized carbons (Fsp3) is 0.478. The second-order valence-corrected chi connectivity index (χ2v) is 7.79. The van der Waals surface area contributed by atoms with Crippen molar-refractivity contribution in [1.82, 2.24) is 14.8 Å². The van der Waals surface area contributed by atoms with Gasteiger partial charge in [-0.15, -0.1) is 0 Å². The van der Waals surface area contributed by atoms with Gasteiger partial charge in [0.25, 0.3) is 5.91 Å². The molecule has 0 radical (unpaired) electrons. The zero-order chi connectivity index (χ0) is 19.2. The van der Waals surface area contributed by atoms with Crippen LogP contribution in [0.3, 0.4) is 0 Å². The highest BCUT2D eigenvalue weighted by molar-refractivity contribution is 5.94. The minimum atomic E-state index is 0.130. The second-order valence-electron chi connectivity index (χ2n) is 7.79. The number of nitrogens with zero attached hydrogens (tertiary/aromatic N) is 3. The topological polar surface area (TPSA) is 45.7 Å². The van der Waals surface area contributed by atoms with Crippen molar-refractivity contribution in [1.29, 1.82) is 0 Å². The Bertz CT molecular complexity index is 745. The largest absolute Gasteiger partial charge is 0.375 e. The fourth-order valence-corrected chi connectivity index (χ4v) is 4.48. The third-order valence-corrected chi connectivity index (χ3v) is 5.99. The third-order valence-electron chi connectivity index (χ3n) is 5.99. The van der Waals surface area contributed by atoms with Crippen LogP contribution in [0, 0.1) is 0 Å². The van der Waals surface area contributed by atoms with Gasteiger partial charge in [0.1, 0.15) is 0 Å². The van der Waals surface area contributed by atoms with E-state index in [-0.39, 0.29) is 5.91 Å². The van der Waals surface area contributed by atoms with Gasteiger partial charge in [-0.25, -0.2) is 0 Å². The number of rotatable bonds is 6. The van der Waals surface area contributed by atoms with Crippen molar-refractivity contribution < 1.29 is 9.53 Å². The first kappa shape index (κ1) is 19.1. The number of benzene rings is 1. The molecule has 28 heavy (non-hydrogen) atoms. The molecule has 2 aromatic rings. The predicted molar refractivity (Wildman–Crippen MR) is 109 cm³/mol. The molecule has 0 unspecified atom stereocenters. The molecule has 0 N–H and O–H groups in total. The van der Waals surface area contributed by atoms with Crippen LogP contribution in [0.2, 0.25) is 0 Å². The zero-order valence-corrected chi connectivity index (χ0v) is 16.4. The van der Waals surface area contributed by atoms with E-state index in [2.05, 4.69) is 34.1 Å². The monoisotopic (exact) mass is 379 g/mol. The Hall–Kier alpha value is -2.24. The summed E-state index contributed by atoms with van der Waals surface area (Å²) in [4.78, 5) is 21.3. The molecule has 2 aliphatic rings. The summed E-state index contributed by atoms with van der Waals surface area (Å²) >= 11 is 0. The van der Waals surface area contributed by atoms with E-state index in [4.69, 9.17) is 4.74 Å². The molecular weight excluding hydrogens is 350 g/mol. The van der Waals surface area contributed by atoms with E-state index < -0.39 is 0 Å². The standard InChI is InChI=1S/C23H29N3O2/c27-23(20-8-12-24-13-9-20)25-15-10-21(11-16-25)26-14-4-7-22(26)18-28-17-19-5-2-1-3-6-19/h1-3,5-6,8-9,12-13,21-22H,4,7,10-11,14-18H2/t22-/m1/s1. The number of pyridine rings is 1. The quantitative estimate of drug-likeness (QED) is 0.772. The number of piperidine rings is 1. The van der Waals surface area contributed by atoms with Gasteiger partial charge >= 0.3 is 0 Å². The molecule has 2 saturated heterocycles. The smallest absolute Gasteiger partial charge is 0.253 e. The molecule has 2 fully saturated rings. The van der Waals surface area contributed by atoms with Gasteiger partial charge in [-0.2, -0.15) is 0 Å². The Morgan fingerprint density at radius 2 is 1.75 bits per heavy atom. The van der Waals surface area contributed by atoms with Gasteiger partial charge in [-0.3, -0.25) is 14.7 Å². The Morgan fingerprint density at radius 1 is 1.00 bits per heavy atom. The van der Waals surface area contributed by atoms with Crippen LogP contribution in [0.1, 0.15) is 41.6 Å². The Balaban J connectivity index is 1.26. The number of likely N-dealkylation sites (tertiary alicyclic amines) is 2. The average Bonchev–Trinajstić information content (AvgIpc) is 3.23. The molecule has 0 spiro atoms. The highest BCUT2D eigenvalue weighted by atomic mass is 16.5. The first-order chi connectivity index (χ1) is 13.8. The zero-order valence-electron chi connectivity index (χ0n) is 16.4. The molecule has 1 aromatic heterocycles. The number of hydrogen-bond donors (Lipinski definition) is 0. The number of carbonyl (C=O) groups excluding carboxylic acids is 1. The maximum absolute atomic E-state index is 12.6. The fourth-order valence-electron chi connectivity index (χ4n) is 4.48. The van der Waals surface area contributed by atoms with Crippen LogP contribution in [-0.4, -0.2) is 59.0 Å². The SMILES string of the molecule is O=C(c1ccncc1)N1CCC(N2CCC[C@@H]2COCc2ccccc2)CC1. The van der Waals surface area contributed by atoms with Crippen LogP contribution >= 0.6 is 0 Å². The summed E-state index contributed by atoms with van der Waals surface area (Å²) in [6.07, 6.45) is 7.92. The minimum Gasteiger partial charge on any atom is -0.375 e. The number of hydrogen-bond acceptors (Lipinski definition) is 4. The molecule has 5 nitrogen and oxygen atoms in total. The Kier molecular flexibility index (Phi) is 6.34. The highest BCUT2D eigenvalue weighted by Gasteiger charge is 2.33. The van der Waals surface area contributed by atoms with Crippen molar-refractivity contribution >= 4 is 5.91 Å². The lowest BCUT2D eigenvalue weighted by atomic mass is 10.0. The van der Waals surface area contributed by atoms with Gasteiger partial charge in [0, 0.05) is 43.1 Å². The second kappa shape index (κ2) is 9.30. The van der Waals surface area contributed by atoms with Crippen molar-refractivity contribution in [2.24, 2.45) is 0 Å². The number of ether oxygens (including phenoxy) is 1. The van der Waals surface area contributed by atoms with E-state index in [9.17, 15) is 4.79 Å². The summed E-state index contributed by atoms with van der Waals surface area (Å²) in [7, 11) is 0. The van der Waals surface area contributed by atoms with Crippen molar-refractivity contribution in [3.05, 3.63) is 66.0 Å². The molecular formula is C23H29N3O2. The first-order valence-corrected chi connectivity index (χ1v) is 10.4. The van der Waals surface area contributed by atoms with E-state index in [0.717, 1.165) is 44.6 Å². The van der Waals surface area contributed by atoms with Crippen LogP contribution in [-0.2, 0) is 11.3 Å². The summed E-state index contributed by atoms with van der Waals surface area (Å²) in [5.74, 6) is 0.130. The number of aromatic nitrogens is 1. The molecule has 148 valence electrons. The van der Waals surface area contributed by atoms with Gasteiger partial charge in [-0.1, -0.05) is 30.3 Å². The van der Waals surface area contributed by atoms with E-state index in [1.165, 1.54) is 18.4 Å². The molecule has 1 aromatic carbocycles. The number of carbonyl (C=O) groups is 1. The number of amides is 1. The molecule has 5 heteroatoms. The third kappa shape index (κ3) is 4.59. The lowest BCUT2D eigenvalue weighted by molar-refractivity contribution is 0.0314. The van der Waals surface area contributed by atoms with Crippen molar-refractivity contribution in [2.75, 3.05) is 26.2 Å². The minimum absolute atomic E-state index is 0.130. The summed E-state index contributed by atoms with van der Waals surface area (Å²) in [5.41, 5.74) is 1.97. The van der Waals surface area contributed by atoms with Crippen molar-refractivity contribution in [3.63, 3.8) is 0 Å². The Morgan fingerprint density at radius 3 is 2.50 bits per heavy atom. The lowest BCUT2D eigenvalue weighted by Crippen LogP contribution is -2.49. The van der Waals surface area contributed by atoms with Gasteiger partial charge in [-0.05, 0) is 49.9 Å². The molecule has 0 aliphatic carbocycles. The van der Waals surface area contributed by atoms with E-state index in [1.54, 1.807) is 24.5 Å². The summed E-state index contributed by atoms with van der Waals surface area (Å²) in [5, 5.41) is 0. The molecule has 3 heterocycles. The maximum Gasteiger partial charge on any atom is 0.253 e. The average molecular weight is 380 g/mol. The summed E-state index contributed by atoms with van der Waals surface area (Å²) in [6.45, 7) is 4.30. The van der Waals surface area contributed by atoms with Gasteiger partial charge in [0.15, 0.2) is 0 Å². The lowest BCUT2D eigenvalue weighted by Gasteiger charge is -2.39. The van der Waals surface area contributed by atoms with Crippen LogP contribution < -0.4 is 0 Å². The summed E-state index contributed by atoms with van der Waals surface area (Å²) < 4.78 is 6.03. The van der Waals surface area contributed by atoms with Crippen LogP contribution in [0.5, 0.6) is 0 Å². The van der Waals surface area contributed by atoms with Crippen molar-refractivity contribution in [3.8, 4) is 0 Å². The van der Waals surface area contributed by atoms with Gasteiger partial charge < -0.3 is 9.64 Å². The molecule has 1 atom stereocenters. The molecule has 4 rings (SSSR count). The highest BCUT2D eigenvalue weighted by Crippen LogP contribution is 2.27. The normalized spacial score (nSPS) is 21.1.